The number of nitrogens with zero attached hydrogens (tertiary/aromatic N) is 4. The highest BCUT2D eigenvalue weighted by Gasteiger charge is 2.13. The minimum absolute atomic E-state index is 0.128. The monoisotopic (exact) mass is 256 g/mol. The molecule has 2 aromatic rings. The third-order valence-corrected chi connectivity index (χ3v) is 3.23. The highest BCUT2D eigenvalue weighted by atomic mass is 32.1. The summed E-state index contributed by atoms with van der Waals surface area (Å²) in [6, 6.07) is 0. The number of carbonyl (C=O) groups is 1. The Bertz CT molecular complexity index is 508. The van der Waals surface area contributed by atoms with E-state index in [0.29, 0.717) is 5.01 Å². The lowest BCUT2D eigenvalue weighted by Crippen LogP contribution is -2.04. The van der Waals surface area contributed by atoms with E-state index in [9.17, 15) is 4.79 Å². The molecule has 0 N–H and O–H groups in total. The predicted molar refractivity (Wildman–Crippen MR) is 58.4 cm³/mol. The number of hydrogen-bond acceptors (Lipinski definition) is 8. The highest BCUT2D eigenvalue weighted by Crippen LogP contribution is 2.12. The van der Waals surface area contributed by atoms with Crippen LogP contribution in [0.5, 0.6) is 0 Å². The van der Waals surface area contributed by atoms with Crippen LogP contribution in [0, 0.1) is 13.8 Å². The topological polar surface area (TPSA) is 77.9 Å². The molecule has 0 aliphatic heterocycles. The molecule has 6 nitrogen and oxygen atoms in total. The second kappa shape index (κ2) is 4.62. The number of esters is 1. The predicted octanol–water partition coefficient (Wildman–Crippen LogP) is 1.36. The van der Waals surface area contributed by atoms with Gasteiger partial charge in [-0.25, -0.2) is 4.79 Å². The van der Waals surface area contributed by atoms with Gasteiger partial charge in [-0.1, -0.05) is 22.7 Å². The molecule has 0 aromatic carbocycles. The highest BCUT2D eigenvalue weighted by molar-refractivity contribution is 7.13. The van der Waals surface area contributed by atoms with Gasteiger partial charge in [0.05, 0.1) is 0 Å². The minimum atomic E-state index is -0.474. The Labute approximate surface area is 99.3 Å². The second-order valence-corrected chi connectivity index (χ2v) is 5.37. The zero-order chi connectivity index (χ0) is 11.5. The maximum Gasteiger partial charge on any atom is 0.369 e. The van der Waals surface area contributed by atoms with Gasteiger partial charge >= 0.3 is 5.97 Å². The van der Waals surface area contributed by atoms with Crippen molar-refractivity contribution in [3.05, 3.63) is 20.0 Å². The lowest BCUT2D eigenvalue weighted by Gasteiger charge is -1.97. The van der Waals surface area contributed by atoms with Crippen molar-refractivity contribution in [3.8, 4) is 0 Å². The summed E-state index contributed by atoms with van der Waals surface area (Å²) in [7, 11) is 0. The Hall–Kier alpha value is -1.41. The van der Waals surface area contributed by atoms with E-state index < -0.39 is 5.97 Å². The van der Waals surface area contributed by atoms with Gasteiger partial charge in [-0.3, -0.25) is 0 Å². The first-order chi connectivity index (χ1) is 7.65. The van der Waals surface area contributed by atoms with Gasteiger partial charge in [0.15, 0.2) is 5.01 Å². The van der Waals surface area contributed by atoms with Crippen LogP contribution in [0.25, 0.3) is 0 Å². The zero-order valence-corrected chi connectivity index (χ0v) is 10.3. The Kier molecular flexibility index (Phi) is 3.20. The summed E-state index contributed by atoms with van der Waals surface area (Å²) in [6.45, 7) is 3.75. The molecule has 0 saturated carbocycles. The van der Waals surface area contributed by atoms with E-state index in [1.807, 2.05) is 6.92 Å². The Morgan fingerprint density at radius 2 is 1.81 bits per heavy atom. The summed E-state index contributed by atoms with van der Waals surface area (Å²) in [6.07, 6.45) is 0. The van der Waals surface area contributed by atoms with Crippen LogP contribution >= 0.6 is 22.7 Å². The molecule has 0 aliphatic rings. The molecular weight excluding hydrogens is 248 g/mol. The first-order valence-corrected chi connectivity index (χ1v) is 6.04. The average Bonchev–Trinajstić information content (AvgIpc) is 2.84. The van der Waals surface area contributed by atoms with Crippen LogP contribution in [-0.4, -0.2) is 26.4 Å². The van der Waals surface area contributed by atoms with Crippen LogP contribution < -0.4 is 0 Å². The number of carbonyl (C=O) groups excluding carboxylic acids is 1. The van der Waals surface area contributed by atoms with E-state index in [1.54, 1.807) is 6.92 Å². The van der Waals surface area contributed by atoms with Crippen LogP contribution in [0.3, 0.4) is 0 Å². The lowest BCUT2D eigenvalue weighted by atomic mass is 10.7. The summed E-state index contributed by atoms with van der Waals surface area (Å²) in [4.78, 5) is 11.5. The van der Waals surface area contributed by atoms with Gasteiger partial charge < -0.3 is 4.74 Å². The van der Waals surface area contributed by atoms with Crippen LogP contribution in [-0.2, 0) is 11.3 Å². The molecule has 2 heterocycles. The lowest BCUT2D eigenvalue weighted by molar-refractivity contribution is 0.0470. The van der Waals surface area contributed by atoms with E-state index >= 15 is 0 Å². The van der Waals surface area contributed by atoms with Crippen LogP contribution in [0.2, 0.25) is 0 Å². The summed E-state index contributed by atoms with van der Waals surface area (Å²) in [5.41, 5.74) is 0. The largest absolute Gasteiger partial charge is 0.453 e. The average molecular weight is 256 g/mol. The van der Waals surface area contributed by atoms with Crippen molar-refractivity contribution in [2.24, 2.45) is 0 Å². The first kappa shape index (κ1) is 11.1. The van der Waals surface area contributed by atoms with Crippen molar-refractivity contribution in [3.63, 3.8) is 0 Å². The molecule has 0 amide bonds. The molecule has 2 rings (SSSR count). The van der Waals surface area contributed by atoms with Gasteiger partial charge in [0.1, 0.15) is 16.6 Å². The Balaban J connectivity index is 1.93. The van der Waals surface area contributed by atoms with Crippen molar-refractivity contribution in [2.45, 2.75) is 20.5 Å². The smallest absolute Gasteiger partial charge is 0.369 e. The van der Waals surface area contributed by atoms with Crippen molar-refractivity contribution < 1.29 is 9.53 Å². The molecule has 16 heavy (non-hydrogen) atoms. The summed E-state index contributed by atoms with van der Waals surface area (Å²) in [5.74, 6) is -0.474. The van der Waals surface area contributed by atoms with Crippen molar-refractivity contribution >= 4 is 28.6 Å². The van der Waals surface area contributed by atoms with Gasteiger partial charge in [-0.15, -0.1) is 20.4 Å². The summed E-state index contributed by atoms with van der Waals surface area (Å²) < 4.78 is 5.02. The molecule has 0 spiro atoms. The SMILES string of the molecule is Cc1nnc(COC(=O)c2nnc(C)s2)s1. The maximum absolute atomic E-state index is 11.5. The van der Waals surface area contributed by atoms with E-state index in [-0.39, 0.29) is 11.6 Å². The first-order valence-electron chi connectivity index (χ1n) is 4.41. The standard InChI is InChI=1S/C8H8N4O2S2/c1-4-9-11-6(15-4)3-14-8(13)7-12-10-5(2)16-7/h3H2,1-2H3. The Morgan fingerprint density at radius 1 is 1.12 bits per heavy atom. The fourth-order valence-electron chi connectivity index (χ4n) is 0.964. The van der Waals surface area contributed by atoms with E-state index in [0.717, 1.165) is 10.0 Å². The molecule has 0 atom stereocenters. The molecule has 0 unspecified atom stereocenters. The van der Waals surface area contributed by atoms with Crippen LogP contribution in [0.4, 0.5) is 0 Å². The molecule has 0 radical (unpaired) electrons. The quantitative estimate of drug-likeness (QED) is 0.772. The van der Waals surface area contributed by atoms with Crippen molar-refractivity contribution in [1.29, 1.82) is 0 Å². The molecule has 8 heteroatoms. The third kappa shape index (κ3) is 2.58. The van der Waals surface area contributed by atoms with Gasteiger partial charge in [0.25, 0.3) is 0 Å². The minimum Gasteiger partial charge on any atom is -0.453 e. The van der Waals surface area contributed by atoms with Crippen molar-refractivity contribution in [1.82, 2.24) is 20.4 Å². The summed E-state index contributed by atoms with van der Waals surface area (Å²) >= 11 is 2.60. The molecule has 2 aromatic heterocycles. The normalized spacial score (nSPS) is 10.4. The Morgan fingerprint density at radius 3 is 2.38 bits per heavy atom. The second-order valence-electron chi connectivity index (χ2n) is 2.92. The van der Waals surface area contributed by atoms with E-state index in [4.69, 9.17) is 4.74 Å². The molecule has 0 aliphatic carbocycles. The van der Waals surface area contributed by atoms with Crippen LogP contribution in [0.15, 0.2) is 0 Å². The van der Waals surface area contributed by atoms with Gasteiger partial charge in [-0.2, -0.15) is 0 Å². The molecule has 0 saturated heterocycles. The summed E-state index contributed by atoms with van der Waals surface area (Å²) in [5, 5.41) is 17.6. The molecule has 84 valence electrons. The number of aryl methyl sites for hydroxylation is 2. The van der Waals surface area contributed by atoms with Gasteiger partial charge in [-0.05, 0) is 13.8 Å². The fourth-order valence-corrected chi connectivity index (χ4v) is 2.17. The zero-order valence-electron chi connectivity index (χ0n) is 8.63. The number of ether oxygens (including phenoxy) is 1. The van der Waals surface area contributed by atoms with E-state index in [2.05, 4.69) is 20.4 Å². The van der Waals surface area contributed by atoms with Crippen molar-refractivity contribution in [2.75, 3.05) is 0 Å². The number of hydrogen-bond donors (Lipinski definition) is 0. The molecular formula is C8H8N4O2S2. The molecule has 0 fully saturated rings. The van der Waals surface area contributed by atoms with E-state index in [1.165, 1.54) is 22.7 Å². The fraction of sp³-hybridized carbons (Fsp3) is 0.375. The maximum atomic E-state index is 11.5. The number of rotatable bonds is 3. The number of aromatic nitrogens is 4. The van der Waals surface area contributed by atoms with Gasteiger partial charge in [0, 0.05) is 0 Å². The van der Waals surface area contributed by atoms with Gasteiger partial charge in [0.2, 0.25) is 5.01 Å². The third-order valence-electron chi connectivity index (χ3n) is 1.60. The molecule has 0 bridgehead atoms. The van der Waals surface area contributed by atoms with Crippen LogP contribution in [0.1, 0.15) is 24.8 Å².